The lowest BCUT2D eigenvalue weighted by Crippen LogP contribution is -2.48. The molecule has 0 radical (unpaired) electrons. The number of fused-ring (bicyclic) bond motifs is 2. The van der Waals surface area contributed by atoms with E-state index in [1.807, 2.05) is 20.8 Å². The number of benzene rings is 1. The molecule has 1 aliphatic heterocycles. The monoisotopic (exact) mass is 442 g/mol. The summed E-state index contributed by atoms with van der Waals surface area (Å²) in [4.78, 5) is 25.9. The number of amides is 1. The Morgan fingerprint density at radius 1 is 1.13 bits per heavy atom. The van der Waals surface area contributed by atoms with Crippen LogP contribution < -0.4 is 5.32 Å². The zero-order chi connectivity index (χ0) is 23.0. The highest BCUT2D eigenvalue weighted by atomic mass is 19.4. The smallest absolute Gasteiger partial charge is 0.418 e. The van der Waals surface area contributed by atoms with E-state index in [0.29, 0.717) is 19.6 Å². The number of likely N-dealkylation sites (tertiary alicyclic amines) is 1. The Morgan fingerprint density at radius 2 is 1.74 bits per heavy atom. The molecule has 6 nitrogen and oxygen atoms in total. The van der Waals surface area contributed by atoms with E-state index in [-0.39, 0.29) is 35.1 Å². The van der Waals surface area contributed by atoms with E-state index >= 15 is 0 Å². The van der Waals surface area contributed by atoms with Gasteiger partial charge in [0.05, 0.1) is 18.2 Å². The van der Waals surface area contributed by atoms with Crippen molar-refractivity contribution in [2.75, 3.05) is 32.1 Å². The number of nitrogens with zero attached hydrogens (tertiary/aromatic N) is 1. The van der Waals surface area contributed by atoms with E-state index in [9.17, 15) is 22.8 Å². The highest BCUT2D eigenvalue weighted by molar-refractivity contribution is 5.90. The van der Waals surface area contributed by atoms with Crippen molar-refractivity contribution in [1.29, 1.82) is 0 Å². The first kappa shape index (κ1) is 23.2. The number of nitrogens with one attached hydrogen (secondary N) is 1. The van der Waals surface area contributed by atoms with Crippen LogP contribution in [0.25, 0.3) is 0 Å². The third kappa shape index (κ3) is 5.43. The maximum atomic E-state index is 13.5. The van der Waals surface area contributed by atoms with E-state index in [1.54, 1.807) is 4.90 Å². The molecule has 1 heterocycles. The van der Waals surface area contributed by atoms with Crippen molar-refractivity contribution in [1.82, 2.24) is 4.90 Å². The van der Waals surface area contributed by atoms with Crippen molar-refractivity contribution in [3.05, 3.63) is 29.3 Å². The quantitative estimate of drug-likeness (QED) is 0.679. The van der Waals surface area contributed by atoms with Gasteiger partial charge in [-0.15, -0.1) is 0 Å². The third-order valence-corrected chi connectivity index (χ3v) is 5.96. The molecule has 2 unspecified atom stereocenters. The van der Waals surface area contributed by atoms with Gasteiger partial charge in [-0.05, 0) is 69.6 Å². The molecule has 3 rings (SSSR count). The zero-order valence-electron chi connectivity index (χ0n) is 18.2. The molecule has 172 valence electrons. The first-order valence-electron chi connectivity index (χ1n) is 10.4. The maximum Gasteiger partial charge on any atom is 0.418 e. The van der Waals surface area contributed by atoms with Crippen molar-refractivity contribution in [2.45, 2.75) is 45.4 Å². The van der Waals surface area contributed by atoms with Crippen LogP contribution in [0.15, 0.2) is 18.2 Å². The van der Waals surface area contributed by atoms with Gasteiger partial charge in [0.25, 0.3) is 0 Å². The van der Waals surface area contributed by atoms with Gasteiger partial charge in [-0.25, -0.2) is 9.59 Å². The number of hydrogen-bond acceptors (Lipinski definition) is 5. The van der Waals surface area contributed by atoms with E-state index in [0.717, 1.165) is 25.0 Å². The van der Waals surface area contributed by atoms with E-state index in [1.165, 1.54) is 13.2 Å². The number of rotatable bonds is 4. The first-order chi connectivity index (χ1) is 14.4. The third-order valence-electron chi connectivity index (χ3n) is 5.96. The van der Waals surface area contributed by atoms with Crippen molar-refractivity contribution < 1.29 is 32.2 Å². The van der Waals surface area contributed by atoms with Crippen LogP contribution in [0.3, 0.4) is 0 Å². The molecule has 0 aromatic heterocycles. The highest BCUT2D eigenvalue weighted by Gasteiger charge is 2.44. The van der Waals surface area contributed by atoms with Crippen molar-refractivity contribution in [2.24, 2.45) is 17.8 Å². The number of carbonyl (C=O) groups excluding carboxylic acids is 2. The summed E-state index contributed by atoms with van der Waals surface area (Å²) in [5.74, 6) is -0.169. The summed E-state index contributed by atoms with van der Waals surface area (Å²) in [6.45, 7) is 6.86. The fourth-order valence-electron chi connectivity index (χ4n) is 4.55. The van der Waals surface area contributed by atoms with Crippen LogP contribution in [0.1, 0.15) is 49.5 Å². The Kier molecular flexibility index (Phi) is 6.43. The lowest BCUT2D eigenvalue weighted by molar-refractivity contribution is -0.137. The van der Waals surface area contributed by atoms with Crippen molar-refractivity contribution in [3.8, 4) is 0 Å². The van der Waals surface area contributed by atoms with Gasteiger partial charge >= 0.3 is 18.2 Å². The van der Waals surface area contributed by atoms with E-state index in [4.69, 9.17) is 4.74 Å². The predicted molar refractivity (Wildman–Crippen MR) is 109 cm³/mol. The molecule has 2 aliphatic rings. The van der Waals surface area contributed by atoms with Gasteiger partial charge in [0, 0.05) is 25.3 Å². The fourth-order valence-corrected chi connectivity index (χ4v) is 4.55. The van der Waals surface area contributed by atoms with Crippen LogP contribution in [0.2, 0.25) is 0 Å². The van der Waals surface area contributed by atoms with E-state index < -0.39 is 23.3 Å². The van der Waals surface area contributed by atoms with Gasteiger partial charge < -0.3 is 19.7 Å². The number of carbonyl (C=O) groups is 2. The second-order valence-electron chi connectivity index (χ2n) is 9.28. The summed E-state index contributed by atoms with van der Waals surface area (Å²) in [5, 5.41) is 2.93. The van der Waals surface area contributed by atoms with Crippen molar-refractivity contribution in [3.63, 3.8) is 0 Å². The minimum Gasteiger partial charge on any atom is -0.465 e. The van der Waals surface area contributed by atoms with Crippen LogP contribution in [-0.4, -0.2) is 49.3 Å². The molecule has 1 saturated carbocycles. The Labute approximate surface area is 180 Å². The SMILES string of the molecule is COC(=O)c1ccc(C(F)(F)F)c(NCC2C3CCC2CN(C(=O)OC(C)(C)C)C3)c1. The normalized spacial score (nSPS) is 23.5. The topological polar surface area (TPSA) is 67.9 Å². The predicted octanol–water partition coefficient (Wildman–Crippen LogP) is 4.80. The molecule has 1 aliphatic carbocycles. The van der Waals surface area contributed by atoms with Gasteiger partial charge in [0.2, 0.25) is 0 Å². The number of methoxy groups -OCH3 is 1. The van der Waals surface area contributed by atoms with Crippen LogP contribution in [-0.2, 0) is 15.7 Å². The minimum atomic E-state index is -4.55. The van der Waals surface area contributed by atoms with E-state index in [2.05, 4.69) is 10.1 Å². The van der Waals surface area contributed by atoms with Crippen molar-refractivity contribution >= 4 is 17.7 Å². The number of esters is 1. The summed E-state index contributed by atoms with van der Waals surface area (Å²) in [6.07, 6.45) is -3.05. The summed E-state index contributed by atoms with van der Waals surface area (Å²) in [5.41, 5.74) is -1.48. The standard InChI is InChI=1S/C22H29F3N2O4/c1-21(2,3)31-20(29)27-11-14-5-6-15(12-27)16(14)10-26-18-9-13(19(28)30-4)7-8-17(18)22(23,24)25/h7-9,14-16,26H,5-6,10-12H2,1-4H3. The second kappa shape index (κ2) is 8.59. The molecule has 2 atom stereocenters. The molecule has 0 spiro atoms. The van der Waals surface area contributed by atoms with Gasteiger partial charge in [-0.2, -0.15) is 13.2 Å². The van der Waals surface area contributed by atoms with Crippen LogP contribution in [0, 0.1) is 17.8 Å². The molecule has 1 N–H and O–H groups in total. The zero-order valence-corrected chi connectivity index (χ0v) is 18.2. The van der Waals surface area contributed by atoms with Gasteiger partial charge in [0.1, 0.15) is 5.60 Å². The number of halogens is 3. The van der Waals surface area contributed by atoms with Crippen LogP contribution in [0.5, 0.6) is 0 Å². The van der Waals surface area contributed by atoms with Crippen LogP contribution in [0.4, 0.5) is 23.7 Å². The summed E-state index contributed by atoms with van der Waals surface area (Å²) < 4.78 is 50.5. The molecule has 1 aromatic rings. The average molecular weight is 442 g/mol. The lowest BCUT2D eigenvalue weighted by atomic mass is 9.85. The molecule has 2 bridgehead atoms. The average Bonchev–Trinajstić information content (AvgIpc) is 2.90. The molecular formula is C22H29F3N2O4. The number of ether oxygens (including phenoxy) is 2. The molecule has 1 amide bonds. The number of hydrogen-bond donors (Lipinski definition) is 1. The first-order valence-corrected chi connectivity index (χ1v) is 10.4. The summed E-state index contributed by atoms with van der Waals surface area (Å²) >= 11 is 0. The highest BCUT2D eigenvalue weighted by Crippen LogP contribution is 2.43. The summed E-state index contributed by atoms with van der Waals surface area (Å²) in [6, 6.07) is 3.20. The molecule has 1 aromatic carbocycles. The Bertz CT molecular complexity index is 821. The lowest BCUT2D eigenvalue weighted by Gasteiger charge is -2.38. The van der Waals surface area contributed by atoms with Crippen LogP contribution >= 0.6 is 0 Å². The number of piperidine rings is 1. The Balaban J connectivity index is 1.71. The second-order valence-corrected chi connectivity index (χ2v) is 9.28. The minimum absolute atomic E-state index is 0.0562. The van der Waals surface area contributed by atoms with Gasteiger partial charge in [-0.1, -0.05) is 0 Å². The maximum absolute atomic E-state index is 13.5. The van der Waals surface area contributed by atoms with Gasteiger partial charge in [0.15, 0.2) is 0 Å². The molecule has 1 saturated heterocycles. The Hall–Kier alpha value is -2.45. The molecule has 9 heteroatoms. The van der Waals surface area contributed by atoms with Gasteiger partial charge in [-0.3, -0.25) is 0 Å². The molecule has 31 heavy (non-hydrogen) atoms. The number of anilines is 1. The largest absolute Gasteiger partial charge is 0.465 e. The fraction of sp³-hybridized carbons (Fsp3) is 0.636. The molecule has 2 fully saturated rings. The Morgan fingerprint density at radius 3 is 2.26 bits per heavy atom. The number of alkyl halides is 3. The molecular weight excluding hydrogens is 413 g/mol. The summed E-state index contributed by atoms with van der Waals surface area (Å²) in [7, 11) is 1.18.